The predicted molar refractivity (Wildman–Crippen MR) is 263 cm³/mol. The Hall–Kier alpha value is -8.72. The van der Waals surface area contributed by atoms with E-state index in [1.165, 1.54) is 66.7 Å². The van der Waals surface area contributed by atoms with E-state index in [-0.39, 0.29) is 56.6 Å². The van der Waals surface area contributed by atoms with Crippen LogP contribution in [0.4, 0.5) is 58.4 Å². The summed E-state index contributed by atoms with van der Waals surface area (Å²) in [6.45, 7) is -3.61. The number of carbonyl (C=O) groups is 4. The van der Waals surface area contributed by atoms with E-state index in [0.717, 1.165) is 40.1 Å². The number of aromatic nitrogens is 6. The van der Waals surface area contributed by atoms with E-state index in [0.29, 0.717) is 12.0 Å². The maximum Gasteiger partial charge on any atom is 0.323 e. The van der Waals surface area contributed by atoms with Gasteiger partial charge in [-0.25, -0.2) is 5.26 Å². The molecule has 0 bridgehead atoms. The molecule has 0 fully saturated rings. The molecule has 6 rings (SSSR count). The summed E-state index contributed by atoms with van der Waals surface area (Å²) in [7, 11) is -14.2. The predicted octanol–water partition coefficient (Wildman–Crippen LogP) is 3.32. The molecule has 0 unspecified atom stereocenters. The van der Waals surface area contributed by atoms with Crippen LogP contribution in [-0.2, 0) is 58.9 Å². The third kappa shape index (κ3) is 16.4. The van der Waals surface area contributed by atoms with E-state index in [2.05, 4.69) is 60.5 Å². The van der Waals surface area contributed by atoms with Crippen molar-refractivity contribution < 1.29 is 93.1 Å². The molecule has 0 aliphatic rings. The van der Waals surface area contributed by atoms with E-state index >= 15 is 0 Å². The van der Waals surface area contributed by atoms with Gasteiger partial charge in [0, 0.05) is 27.6 Å². The lowest BCUT2D eigenvalue weighted by atomic mass is 10.1. The van der Waals surface area contributed by atoms with Gasteiger partial charge in [0.2, 0.25) is 35.7 Å². The van der Waals surface area contributed by atoms with E-state index in [1.807, 2.05) is 0 Å². The number of hydrogen-bond acceptors (Lipinski definition) is 26. The van der Waals surface area contributed by atoms with Gasteiger partial charge in [0.1, 0.15) is 31.1 Å². The Bertz CT molecular complexity index is 3530. The third-order valence-corrected chi connectivity index (χ3v) is 12.7. The van der Waals surface area contributed by atoms with Gasteiger partial charge in [-0.1, -0.05) is 29.3 Å². The average Bonchev–Trinajstić information content (AvgIpc) is 3.32. The quantitative estimate of drug-likeness (QED) is 0.0122. The Morgan fingerprint density at radius 1 is 0.487 bits per heavy atom. The second-order valence-corrected chi connectivity index (χ2v) is 19.9. The highest BCUT2D eigenvalue weighted by molar-refractivity contribution is 7.94. The zero-order valence-electron chi connectivity index (χ0n) is 37.8. The van der Waals surface area contributed by atoms with Crippen LogP contribution in [0.15, 0.2) is 105 Å². The normalized spacial score (nSPS) is 11.7. The highest BCUT2D eigenvalue weighted by Gasteiger charge is 2.23. The maximum atomic E-state index is 12.8. The number of aliphatic carboxylic acids is 4. The summed E-state index contributed by atoms with van der Waals surface area (Å²) < 4.78 is 106. The van der Waals surface area contributed by atoms with Gasteiger partial charge in [-0.05, 0) is 83.9 Å². The molecule has 76 heavy (non-hydrogen) atoms. The first-order valence-electron chi connectivity index (χ1n) is 20.4. The summed E-state index contributed by atoms with van der Waals surface area (Å²) in [5.74, 6) is -8.25. The SMILES string of the molecule is O=C(O)CN(CC(=O)O)c1nc(Nc2ccc(S(=O)(=O)O)cc2)nc(Nc2ccc(C=Cc3ccc(Nc4nc(Nc5ccc(S(=O)(=O)O)cc5)nc(N(CC(=O)O)CC(=O)O)n4)cc3S(=O)(=O)O)c(SOOO)c2)n1. The fourth-order valence-electron chi connectivity index (χ4n) is 6.25. The van der Waals surface area contributed by atoms with Gasteiger partial charge in [0.25, 0.3) is 30.4 Å². The van der Waals surface area contributed by atoms with Crippen molar-refractivity contribution in [3.63, 3.8) is 0 Å². The standard InChI is InChI=1S/C40H36N12O20S4/c53-31(54)17-51(18-32(55)56)39-47-35(41-23-7-11-27(12-8-23)74(62,63)64)45-37(49-39)43-25-5-3-21(29(15-25)73-72-71-61)1-2-22-4-6-26(16-30(22)76(68,69)70)44-38-46-36(42-24-9-13-28(14-10-24)75(65,66)67)48-40(50-38)52(19-33(57)58)20-34(59)60/h1-16,61H,17-20H2,(H,53,54)(H,55,56)(H,57,58)(H,59,60)(H,62,63,64)(H,65,66,67)(H,68,69,70)(H2,41,43,45,47,49)(H2,42,44,46,48,50). The van der Waals surface area contributed by atoms with Crippen LogP contribution < -0.4 is 31.1 Å². The number of benzene rings is 4. The molecule has 12 N–H and O–H groups in total. The lowest BCUT2D eigenvalue weighted by Gasteiger charge is -2.20. The molecule has 0 spiro atoms. The Morgan fingerprint density at radius 2 is 0.829 bits per heavy atom. The van der Waals surface area contributed by atoms with E-state index in [9.17, 15) is 78.5 Å². The molecule has 0 aliphatic carbocycles. The molecule has 32 nitrogen and oxygen atoms in total. The number of nitrogens with one attached hydrogen (secondary N) is 4. The van der Waals surface area contributed by atoms with Crippen molar-refractivity contribution in [1.82, 2.24) is 29.9 Å². The number of carboxylic acid groups (broad SMARTS) is 4. The first-order valence-corrected chi connectivity index (χ1v) is 25.5. The monoisotopic (exact) mass is 1130 g/mol. The van der Waals surface area contributed by atoms with Crippen molar-refractivity contribution in [2.75, 3.05) is 57.2 Å². The van der Waals surface area contributed by atoms with Crippen molar-refractivity contribution in [2.24, 2.45) is 0 Å². The van der Waals surface area contributed by atoms with Crippen LogP contribution in [0.1, 0.15) is 11.1 Å². The maximum absolute atomic E-state index is 12.8. The summed E-state index contributed by atoms with van der Waals surface area (Å²) in [4.78, 5) is 71.6. The molecule has 2 aromatic heterocycles. The first kappa shape index (κ1) is 56.6. The van der Waals surface area contributed by atoms with Crippen LogP contribution in [0, 0.1) is 0 Å². The van der Waals surface area contributed by atoms with E-state index in [4.69, 9.17) is 5.26 Å². The molecule has 400 valence electrons. The number of carboxylic acids is 4. The van der Waals surface area contributed by atoms with Crippen molar-refractivity contribution in [3.05, 3.63) is 96.1 Å². The number of anilines is 10. The van der Waals surface area contributed by atoms with E-state index < -0.39 is 113 Å². The summed E-state index contributed by atoms with van der Waals surface area (Å²) in [6, 6.07) is 16.7. The number of hydrogen-bond donors (Lipinski definition) is 12. The molecule has 36 heteroatoms. The minimum atomic E-state index is -5.06. The molecule has 0 saturated heterocycles. The Kier molecular flexibility index (Phi) is 17.9. The van der Waals surface area contributed by atoms with Gasteiger partial charge >= 0.3 is 23.9 Å². The molecule has 0 aliphatic heterocycles. The van der Waals surface area contributed by atoms with Crippen LogP contribution in [0.5, 0.6) is 0 Å². The van der Waals surface area contributed by atoms with Crippen LogP contribution >= 0.6 is 12.0 Å². The molecule has 0 atom stereocenters. The van der Waals surface area contributed by atoms with Crippen molar-refractivity contribution in [2.45, 2.75) is 19.6 Å². The van der Waals surface area contributed by atoms with Crippen LogP contribution in [0.3, 0.4) is 0 Å². The highest BCUT2D eigenvalue weighted by atomic mass is 32.2. The highest BCUT2D eigenvalue weighted by Crippen LogP contribution is 2.32. The number of nitrogens with zero attached hydrogens (tertiary/aromatic N) is 8. The molecular weight excluding hydrogens is 1100 g/mol. The van der Waals surface area contributed by atoms with Crippen LogP contribution in [-0.4, -0.2) is 145 Å². The fraction of sp³-hybridized carbons (Fsp3) is 0.100. The van der Waals surface area contributed by atoms with Gasteiger partial charge in [0.15, 0.2) is 0 Å². The molecule has 6 aromatic rings. The molecule has 0 amide bonds. The van der Waals surface area contributed by atoms with Crippen LogP contribution in [0.25, 0.3) is 12.2 Å². The molecule has 2 heterocycles. The Morgan fingerprint density at radius 3 is 1.18 bits per heavy atom. The minimum absolute atomic E-state index is 0.113. The molecule has 0 saturated carbocycles. The zero-order chi connectivity index (χ0) is 55.5. The lowest BCUT2D eigenvalue weighted by Crippen LogP contribution is -2.36. The molecule has 4 aromatic carbocycles. The largest absolute Gasteiger partial charge is 0.480 e. The topological polar surface area (TPSA) is 483 Å². The van der Waals surface area contributed by atoms with Gasteiger partial charge in [0.05, 0.1) is 21.8 Å². The van der Waals surface area contributed by atoms with Crippen molar-refractivity contribution in [1.29, 1.82) is 0 Å². The van der Waals surface area contributed by atoms with Crippen molar-refractivity contribution >= 4 is 137 Å². The second-order valence-electron chi connectivity index (χ2n) is 14.9. The summed E-state index contributed by atoms with van der Waals surface area (Å²) >= 11 is 0.429. The first-order chi connectivity index (χ1) is 35.7. The van der Waals surface area contributed by atoms with Crippen molar-refractivity contribution in [3.8, 4) is 0 Å². The Balaban J connectivity index is 1.33. The van der Waals surface area contributed by atoms with Crippen LogP contribution in [0.2, 0.25) is 0 Å². The fourth-order valence-corrected chi connectivity index (χ4v) is 8.43. The summed E-state index contributed by atoms with van der Waals surface area (Å²) in [6.07, 6.45) is 2.58. The third-order valence-electron chi connectivity index (χ3n) is 9.35. The van der Waals surface area contributed by atoms with Gasteiger partial charge in [-0.2, -0.15) is 55.2 Å². The zero-order valence-corrected chi connectivity index (χ0v) is 41.0. The lowest BCUT2D eigenvalue weighted by molar-refractivity contribution is -0.432. The molecule has 0 radical (unpaired) electrons. The van der Waals surface area contributed by atoms with E-state index in [1.54, 1.807) is 0 Å². The van der Waals surface area contributed by atoms with Gasteiger partial charge in [-0.3, -0.25) is 32.8 Å². The Labute approximate surface area is 431 Å². The summed E-state index contributed by atoms with van der Waals surface area (Å²) in [5, 5.41) is 61.7. The summed E-state index contributed by atoms with van der Waals surface area (Å²) in [5.41, 5.74) is 0.406. The molecular formula is C40H36N12O20S4. The number of rotatable bonds is 26. The average molecular weight is 1130 g/mol. The van der Waals surface area contributed by atoms with Gasteiger partial charge in [-0.15, -0.1) is 4.33 Å². The second kappa shape index (κ2) is 24.1. The minimum Gasteiger partial charge on any atom is -0.480 e. The van der Waals surface area contributed by atoms with Gasteiger partial charge < -0.3 is 51.5 Å². The smallest absolute Gasteiger partial charge is 0.323 e.